The van der Waals surface area contributed by atoms with E-state index in [0.717, 1.165) is 12.3 Å². The highest BCUT2D eigenvalue weighted by molar-refractivity contribution is 6.32. The van der Waals surface area contributed by atoms with Gasteiger partial charge in [-0.25, -0.2) is 13.8 Å². The third-order valence-electron chi connectivity index (χ3n) is 2.05. The zero-order valence-electron chi connectivity index (χ0n) is 9.27. The molecule has 0 saturated heterocycles. The molecular formula is C9H8ClF2N3O4. The van der Waals surface area contributed by atoms with Gasteiger partial charge >= 0.3 is 5.69 Å². The second-order valence-electron chi connectivity index (χ2n) is 3.45. The van der Waals surface area contributed by atoms with Crippen molar-refractivity contribution in [2.24, 2.45) is 0 Å². The summed E-state index contributed by atoms with van der Waals surface area (Å²) in [5.41, 5.74) is -1.26. The van der Waals surface area contributed by atoms with Gasteiger partial charge in [-0.3, -0.25) is 14.9 Å². The molecule has 0 bridgehead atoms. The molecule has 0 radical (unpaired) electrons. The molecule has 1 amide bonds. The fourth-order valence-corrected chi connectivity index (χ4v) is 1.37. The van der Waals surface area contributed by atoms with Crippen LogP contribution >= 0.6 is 11.6 Å². The monoisotopic (exact) mass is 295 g/mol. The molecule has 1 aromatic heterocycles. The van der Waals surface area contributed by atoms with Gasteiger partial charge in [0.15, 0.2) is 0 Å². The van der Waals surface area contributed by atoms with Crippen molar-refractivity contribution >= 4 is 23.2 Å². The minimum absolute atomic E-state index is 0.487. The first-order chi connectivity index (χ1) is 8.78. The van der Waals surface area contributed by atoms with E-state index in [9.17, 15) is 23.7 Å². The lowest BCUT2D eigenvalue weighted by molar-refractivity contribution is -0.385. The van der Waals surface area contributed by atoms with Crippen molar-refractivity contribution in [3.8, 4) is 0 Å². The number of carbonyl (C=O) groups is 1. The molecule has 104 valence electrons. The van der Waals surface area contributed by atoms with Crippen molar-refractivity contribution in [2.75, 3.05) is 13.2 Å². The Hall–Kier alpha value is -1.87. The first-order valence-electron chi connectivity index (χ1n) is 4.84. The van der Waals surface area contributed by atoms with Crippen LogP contribution in [0.25, 0.3) is 0 Å². The van der Waals surface area contributed by atoms with Gasteiger partial charge in [0.2, 0.25) is 5.15 Å². The Morgan fingerprint density at radius 3 is 2.79 bits per heavy atom. The molecule has 0 aliphatic carbocycles. The average molecular weight is 296 g/mol. The highest BCUT2D eigenvalue weighted by Gasteiger charge is 2.30. The summed E-state index contributed by atoms with van der Waals surface area (Å²) in [5, 5.41) is 20.3. The quantitative estimate of drug-likeness (QED) is 0.479. The van der Waals surface area contributed by atoms with Gasteiger partial charge in [0, 0.05) is 6.20 Å². The van der Waals surface area contributed by atoms with Crippen LogP contribution in [0, 0.1) is 10.1 Å². The number of rotatable bonds is 5. The van der Waals surface area contributed by atoms with Gasteiger partial charge in [-0.05, 0) is 6.07 Å². The third-order valence-corrected chi connectivity index (χ3v) is 2.32. The van der Waals surface area contributed by atoms with Crippen LogP contribution in [0.4, 0.5) is 14.5 Å². The number of amides is 1. The Morgan fingerprint density at radius 1 is 1.63 bits per heavy atom. The van der Waals surface area contributed by atoms with Crippen LogP contribution < -0.4 is 5.32 Å². The highest BCUT2D eigenvalue weighted by Crippen LogP contribution is 2.25. The molecule has 2 N–H and O–H groups in total. The molecule has 1 heterocycles. The molecule has 0 aromatic carbocycles. The Balaban J connectivity index is 2.95. The molecule has 0 spiro atoms. The van der Waals surface area contributed by atoms with Gasteiger partial charge in [0.05, 0.1) is 11.5 Å². The van der Waals surface area contributed by atoms with Crippen molar-refractivity contribution in [2.45, 2.75) is 5.92 Å². The van der Waals surface area contributed by atoms with E-state index >= 15 is 0 Å². The smallest absolute Gasteiger partial charge is 0.319 e. The number of hydrogen-bond donors (Lipinski definition) is 2. The first-order valence-corrected chi connectivity index (χ1v) is 5.22. The number of carbonyl (C=O) groups excluding carboxylic acids is 1. The first kappa shape index (κ1) is 15.2. The standard InChI is InChI=1S/C9H8ClF2N3O4/c10-7-6(15(18)19)5(1-2-13-7)8(17)14-3-9(11,12)4-16/h1-2,16H,3-4H2,(H,14,17). The lowest BCUT2D eigenvalue weighted by Gasteiger charge is -2.13. The normalized spacial score (nSPS) is 11.2. The summed E-state index contributed by atoms with van der Waals surface area (Å²) in [4.78, 5) is 24.8. The summed E-state index contributed by atoms with van der Waals surface area (Å²) in [7, 11) is 0. The molecule has 1 aromatic rings. The van der Waals surface area contributed by atoms with Gasteiger partial charge in [0.1, 0.15) is 12.2 Å². The van der Waals surface area contributed by atoms with Crippen molar-refractivity contribution in [3.05, 3.63) is 33.1 Å². The molecule has 0 saturated carbocycles. The van der Waals surface area contributed by atoms with Crippen LogP contribution in [0.3, 0.4) is 0 Å². The van der Waals surface area contributed by atoms with Crippen LogP contribution in [-0.4, -0.2) is 40.0 Å². The highest BCUT2D eigenvalue weighted by atomic mass is 35.5. The summed E-state index contributed by atoms with van der Waals surface area (Å²) in [6.45, 7) is -2.61. The molecule has 0 aliphatic rings. The second kappa shape index (κ2) is 5.85. The van der Waals surface area contributed by atoms with E-state index < -0.39 is 46.3 Å². The number of alkyl halides is 2. The summed E-state index contributed by atoms with van der Waals surface area (Å²) >= 11 is 5.46. The maximum atomic E-state index is 12.7. The molecule has 0 aliphatic heterocycles. The minimum atomic E-state index is -3.51. The number of pyridine rings is 1. The van der Waals surface area contributed by atoms with Crippen LogP contribution in [0.1, 0.15) is 10.4 Å². The molecule has 0 atom stereocenters. The van der Waals surface area contributed by atoms with Crippen LogP contribution in [0.15, 0.2) is 12.3 Å². The van der Waals surface area contributed by atoms with E-state index in [2.05, 4.69) is 4.98 Å². The largest absolute Gasteiger partial charge is 0.390 e. The molecule has 10 heteroatoms. The van der Waals surface area contributed by atoms with Crippen molar-refractivity contribution < 1.29 is 23.6 Å². The van der Waals surface area contributed by atoms with Gasteiger partial charge in [0.25, 0.3) is 11.8 Å². The summed E-state index contributed by atoms with van der Waals surface area (Å²) in [5.74, 6) is -4.62. The molecular weight excluding hydrogens is 288 g/mol. The fourth-order valence-electron chi connectivity index (χ4n) is 1.15. The topological polar surface area (TPSA) is 105 Å². The number of aromatic nitrogens is 1. The van der Waals surface area contributed by atoms with Crippen molar-refractivity contribution in [3.63, 3.8) is 0 Å². The van der Waals surface area contributed by atoms with E-state index in [1.165, 1.54) is 0 Å². The number of aliphatic hydroxyl groups is 1. The summed E-state index contributed by atoms with van der Waals surface area (Å²) in [6.07, 6.45) is 1.04. The third kappa shape index (κ3) is 3.80. The lowest BCUT2D eigenvalue weighted by Crippen LogP contribution is -2.39. The van der Waals surface area contributed by atoms with Crippen molar-refractivity contribution in [1.29, 1.82) is 0 Å². The number of nitro groups is 1. The Bertz CT molecular complexity index is 512. The van der Waals surface area contributed by atoms with Crippen LogP contribution in [-0.2, 0) is 0 Å². The Labute approximate surface area is 110 Å². The van der Waals surface area contributed by atoms with Gasteiger partial charge < -0.3 is 10.4 Å². The number of nitrogens with zero attached hydrogens (tertiary/aromatic N) is 2. The maximum Gasteiger partial charge on any atom is 0.319 e. The molecule has 1 rings (SSSR count). The predicted octanol–water partition coefficient (Wildman–Crippen LogP) is 1.00. The Kier molecular flexibility index (Phi) is 4.67. The summed E-state index contributed by atoms with van der Waals surface area (Å²) in [6, 6.07) is 0.983. The van der Waals surface area contributed by atoms with Crippen LogP contribution in [0.2, 0.25) is 5.15 Å². The lowest BCUT2D eigenvalue weighted by atomic mass is 10.2. The van der Waals surface area contributed by atoms with E-state index in [1.54, 1.807) is 5.32 Å². The second-order valence-corrected chi connectivity index (χ2v) is 3.81. The van der Waals surface area contributed by atoms with E-state index in [0.29, 0.717) is 0 Å². The summed E-state index contributed by atoms with van der Waals surface area (Å²) < 4.78 is 25.5. The van der Waals surface area contributed by atoms with Crippen LogP contribution in [0.5, 0.6) is 0 Å². The number of nitrogens with one attached hydrogen (secondary N) is 1. The van der Waals surface area contributed by atoms with E-state index in [-0.39, 0.29) is 0 Å². The van der Waals surface area contributed by atoms with Gasteiger partial charge in [-0.1, -0.05) is 11.6 Å². The zero-order valence-corrected chi connectivity index (χ0v) is 10.0. The minimum Gasteiger partial charge on any atom is -0.390 e. The SMILES string of the molecule is O=C(NCC(F)(F)CO)c1ccnc(Cl)c1[N+](=O)[O-]. The van der Waals surface area contributed by atoms with E-state index in [4.69, 9.17) is 16.7 Å². The zero-order chi connectivity index (χ0) is 14.6. The fraction of sp³-hybridized carbons (Fsp3) is 0.333. The van der Waals surface area contributed by atoms with Gasteiger partial charge in [-0.15, -0.1) is 0 Å². The van der Waals surface area contributed by atoms with Crippen molar-refractivity contribution in [1.82, 2.24) is 10.3 Å². The molecule has 0 fully saturated rings. The maximum absolute atomic E-state index is 12.7. The van der Waals surface area contributed by atoms with E-state index in [1.807, 2.05) is 0 Å². The molecule has 0 unspecified atom stereocenters. The number of halogens is 3. The number of hydrogen-bond acceptors (Lipinski definition) is 5. The van der Waals surface area contributed by atoms with Gasteiger partial charge in [-0.2, -0.15) is 0 Å². The predicted molar refractivity (Wildman–Crippen MR) is 60.3 cm³/mol. The Morgan fingerprint density at radius 2 is 2.26 bits per heavy atom. The molecule has 7 nitrogen and oxygen atoms in total. The average Bonchev–Trinajstić information content (AvgIpc) is 2.35. The number of aliphatic hydroxyl groups excluding tert-OH is 1. The molecule has 19 heavy (non-hydrogen) atoms.